The number of alkyl halides is 7. The van der Waals surface area contributed by atoms with E-state index in [4.69, 9.17) is 0 Å². The van der Waals surface area contributed by atoms with E-state index in [2.05, 4.69) is 11.7 Å². The molecule has 0 aliphatic heterocycles. The summed E-state index contributed by atoms with van der Waals surface area (Å²) in [6.45, 7) is 1.85. The second-order valence-electron chi connectivity index (χ2n) is 2.29. The van der Waals surface area contributed by atoms with Crippen LogP contribution in [-0.4, -0.2) is 24.8 Å². The highest BCUT2D eigenvalue weighted by atomic mass is 19.4. The van der Waals surface area contributed by atoms with Gasteiger partial charge in [-0.2, -0.15) is 30.7 Å². The molecule has 0 bridgehead atoms. The van der Waals surface area contributed by atoms with Gasteiger partial charge in [-0.05, 0) is 6.42 Å². The molecule has 0 amide bonds. The van der Waals surface area contributed by atoms with Crippen LogP contribution in [0, 0.1) is 6.92 Å². The summed E-state index contributed by atoms with van der Waals surface area (Å²) in [7, 11) is 0. The largest absolute Gasteiger partial charge is 0.458 e. The molecule has 8 heteroatoms. The van der Waals surface area contributed by atoms with E-state index >= 15 is 0 Å². The molecule has 1 nitrogen and oxygen atoms in total. The summed E-state index contributed by atoms with van der Waals surface area (Å²) in [4.78, 5) is 0. The van der Waals surface area contributed by atoms with Gasteiger partial charge in [0.2, 0.25) is 0 Å². The minimum Gasteiger partial charge on any atom is -0.332 e. The fraction of sp³-hybridized carbons (Fsp3) is 0.833. The summed E-state index contributed by atoms with van der Waals surface area (Å²) in [6, 6.07) is 0. The van der Waals surface area contributed by atoms with Crippen LogP contribution < -0.4 is 0 Å². The summed E-state index contributed by atoms with van der Waals surface area (Å²) >= 11 is 0. The molecule has 0 heterocycles. The van der Waals surface area contributed by atoms with Crippen LogP contribution in [0.5, 0.6) is 0 Å². The van der Waals surface area contributed by atoms with Gasteiger partial charge in [-0.25, -0.2) is 0 Å². The summed E-state index contributed by atoms with van der Waals surface area (Å²) < 4.78 is 85.7. The fourth-order valence-electron chi connectivity index (χ4n) is 0.537. The van der Waals surface area contributed by atoms with Crippen molar-refractivity contribution in [3.8, 4) is 0 Å². The van der Waals surface area contributed by atoms with Crippen LogP contribution in [0.1, 0.15) is 6.42 Å². The van der Waals surface area contributed by atoms with Gasteiger partial charge in [0.15, 0.2) is 0 Å². The zero-order valence-corrected chi connectivity index (χ0v) is 6.68. The lowest BCUT2D eigenvalue weighted by molar-refractivity contribution is -0.429. The summed E-state index contributed by atoms with van der Waals surface area (Å²) in [6.07, 6.45) is -12.7. The Hall–Kier alpha value is -0.530. The third kappa shape index (κ3) is 2.49. The molecule has 0 saturated carbocycles. The number of ether oxygens (including phenoxy) is 1. The van der Waals surface area contributed by atoms with Gasteiger partial charge < -0.3 is 4.74 Å². The minimum atomic E-state index is -6.15. The molecule has 0 rings (SSSR count). The second-order valence-corrected chi connectivity index (χ2v) is 2.29. The van der Waals surface area contributed by atoms with Gasteiger partial charge in [0.05, 0.1) is 6.61 Å². The molecule has 0 unspecified atom stereocenters. The third-order valence-electron chi connectivity index (χ3n) is 1.17. The molecule has 14 heavy (non-hydrogen) atoms. The predicted molar refractivity (Wildman–Crippen MR) is 31.9 cm³/mol. The first-order valence-electron chi connectivity index (χ1n) is 3.32. The highest BCUT2D eigenvalue weighted by Crippen LogP contribution is 2.46. The number of rotatable bonds is 3. The maximum Gasteiger partial charge on any atom is 0.458 e. The van der Waals surface area contributed by atoms with Crippen molar-refractivity contribution in [3.63, 3.8) is 0 Å². The molecule has 0 fully saturated rings. The Morgan fingerprint density at radius 3 is 1.43 bits per heavy atom. The quantitative estimate of drug-likeness (QED) is 0.673. The zero-order chi connectivity index (χ0) is 11.6. The molecule has 0 aromatic rings. The monoisotopic (exact) mass is 227 g/mol. The van der Waals surface area contributed by atoms with E-state index in [0.29, 0.717) is 0 Å². The van der Waals surface area contributed by atoms with Crippen molar-refractivity contribution >= 4 is 0 Å². The topological polar surface area (TPSA) is 9.23 Å². The average molecular weight is 227 g/mol. The summed E-state index contributed by atoms with van der Waals surface area (Å²) in [5, 5.41) is 0. The standard InChI is InChI=1S/C6H6F7O/c1-2-3-14-4(7,5(8,9)10)6(11,12)13/h1-3H2. The van der Waals surface area contributed by atoms with Crippen molar-refractivity contribution in [1.82, 2.24) is 0 Å². The van der Waals surface area contributed by atoms with E-state index in [9.17, 15) is 30.7 Å². The fourth-order valence-corrected chi connectivity index (χ4v) is 0.537. The second kappa shape index (κ2) is 3.92. The molecule has 85 valence electrons. The maximum atomic E-state index is 12.5. The molecule has 0 atom stereocenters. The average Bonchev–Trinajstić information content (AvgIpc) is 1.95. The van der Waals surface area contributed by atoms with E-state index in [1.54, 1.807) is 0 Å². The first-order valence-corrected chi connectivity index (χ1v) is 3.32. The molecule has 0 saturated heterocycles. The lowest BCUT2D eigenvalue weighted by atomic mass is 10.3. The number of halogens is 7. The van der Waals surface area contributed by atoms with Gasteiger partial charge in [0.1, 0.15) is 0 Å². The molecular formula is C6H6F7O. The zero-order valence-electron chi connectivity index (χ0n) is 6.68. The van der Waals surface area contributed by atoms with E-state index < -0.39 is 31.2 Å². The van der Waals surface area contributed by atoms with Crippen LogP contribution in [0.25, 0.3) is 0 Å². The van der Waals surface area contributed by atoms with Crippen molar-refractivity contribution in [2.24, 2.45) is 0 Å². The highest BCUT2D eigenvalue weighted by molar-refractivity contribution is 4.85. The van der Waals surface area contributed by atoms with Gasteiger partial charge in [-0.15, -0.1) is 0 Å². The van der Waals surface area contributed by atoms with Gasteiger partial charge >= 0.3 is 18.2 Å². The Kier molecular flexibility index (Phi) is 3.77. The van der Waals surface area contributed by atoms with Crippen LogP contribution in [0.4, 0.5) is 30.7 Å². The normalized spacial score (nSPS) is 14.6. The van der Waals surface area contributed by atoms with Gasteiger partial charge in [-0.3, -0.25) is 0 Å². The van der Waals surface area contributed by atoms with Crippen LogP contribution in [0.3, 0.4) is 0 Å². The van der Waals surface area contributed by atoms with Crippen LogP contribution in [0.2, 0.25) is 0 Å². The highest BCUT2D eigenvalue weighted by Gasteiger charge is 2.74. The van der Waals surface area contributed by atoms with Crippen molar-refractivity contribution in [2.45, 2.75) is 24.6 Å². The lowest BCUT2D eigenvalue weighted by Gasteiger charge is -2.29. The van der Waals surface area contributed by atoms with Crippen LogP contribution >= 0.6 is 0 Å². The number of hydrogen-bond donors (Lipinski definition) is 0. The first-order chi connectivity index (χ1) is 6.06. The molecule has 0 aromatic carbocycles. The van der Waals surface area contributed by atoms with Crippen molar-refractivity contribution in [1.29, 1.82) is 0 Å². The van der Waals surface area contributed by atoms with E-state index in [0.717, 1.165) is 0 Å². The summed E-state index contributed by atoms with van der Waals surface area (Å²) in [5.41, 5.74) is 0. The Morgan fingerprint density at radius 1 is 0.857 bits per heavy atom. The number of hydrogen-bond acceptors (Lipinski definition) is 1. The molecule has 0 aliphatic rings. The third-order valence-corrected chi connectivity index (χ3v) is 1.17. The summed E-state index contributed by atoms with van der Waals surface area (Å²) in [5.74, 6) is -5.61. The predicted octanol–water partition coefficient (Wildman–Crippen LogP) is 3.02. The van der Waals surface area contributed by atoms with Gasteiger partial charge in [-0.1, -0.05) is 6.92 Å². The Balaban J connectivity index is 4.87. The van der Waals surface area contributed by atoms with Crippen molar-refractivity contribution in [3.05, 3.63) is 6.92 Å². The lowest BCUT2D eigenvalue weighted by Crippen LogP contribution is -2.55. The molecule has 1 radical (unpaired) electrons. The van der Waals surface area contributed by atoms with E-state index in [1.807, 2.05) is 0 Å². The van der Waals surface area contributed by atoms with E-state index in [1.165, 1.54) is 0 Å². The molecule has 0 spiro atoms. The van der Waals surface area contributed by atoms with Gasteiger partial charge in [0, 0.05) is 0 Å². The van der Waals surface area contributed by atoms with Crippen molar-refractivity contribution in [2.75, 3.05) is 6.61 Å². The molecule has 0 aromatic heterocycles. The molecule has 0 N–H and O–H groups in total. The SMILES string of the molecule is [CH2]CCOC(F)(C(F)(F)F)C(F)(F)F. The maximum absolute atomic E-state index is 12.5. The Labute approximate surface area is 74.8 Å². The Morgan fingerprint density at radius 2 is 1.21 bits per heavy atom. The van der Waals surface area contributed by atoms with Crippen LogP contribution in [-0.2, 0) is 4.74 Å². The Bertz CT molecular complexity index is 168. The smallest absolute Gasteiger partial charge is 0.332 e. The van der Waals surface area contributed by atoms with E-state index in [-0.39, 0.29) is 0 Å². The minimum absolute atomic E-state index is 0.405. The van der Waals surface area contributed by atoms with Crippen molar-refractivity contribution < 1.29 is 35.5 Å². The molecular weight excluding hydrogens is 221 g/mol. The van der Waals surface area contributed by atoms with Crippen LogP contribution in [0.15, 0.2) is 0 Å². The first kappa shape index (κ1) is 13.5. The van der Waals surface area contributed by atoms with Gasteiger partial charge in [0.25, 0.3) is 0 Å². The molecule has 0 aliphatic carbocycles.